The van der Waals surface area contributed by atoms with E-state index in [1.165, 1.54) is 16.7 Å². The van der Waals surface area contributed by atoms with Crippen LogP contribution in [-0.2, 0) is 0 Å². The van der Waals surface area contributed by atoms with Crippen molar-refractivity contribution in [1.29, 1.82) is 0 Å². The third-order valence-corrected chi connectivity index (χ3v) is 2.50. The number of hydrogen-bond acceptors (Lipinski definition) is 0. The zero-order chi connectivity index (χ0) is 7.84. The quantitative estimate of drug-likeness (QED) is 0.622. The molecule has 0 amide bonds. The second-order valence-corrected chi connectivity index (χ2v) is 4.18. The number of halogens is 1. The smallest absolute Gasteiger partial charge is 0.0373 e. The summed E-state index contributed by atoms with van der Waals surface area (Å²) in [5.74, 6) is 0. The molecule has 1 aromatic rings. The van der Waals surface area contributed by atoms with Crippen molar-refractivity contribution in [1.82, 2.24) is 0 Å². The summed E-state index contributed by atoms with van der Waals surface area (Å²) < 4.78 is 0. The van der Waals surface area contributed by atoms with Gasteiger partial charge in [0.15, 0.2) is 0 Å². The zero-order valence-corrected chi connectivity index (χ0v) is 7.93. The number of benzene rings is 1. The molecule has 11 heavy (non-hydrogen) atoms. The predicted molar refractivity (Wildman–Crippen MR) is 52.7 cm³/mol. The van der Waals surface area contributed by atoms with E-state index in [4.69, 9.17) is 0 Å². The van der Waals surface area contributed by atoms with E-state index in [-0.39, 0.29) is 0 Å². The molecule has 0 heterocycles. The monoisotopic (exact) mass is 208 g/mol. The highest BCUT2D eigenvalue weighted by Crippen LogP contribution is 2.36. The van der Waals surface area contributed by atoms with Gasteiger partial charge in [0.25, 0.3) is 0 Å². The molecular formula is C10H9Br. The molecule has 1 aliphatic carbocycles. The van der Waals surface area contributed by atoms with Gasteiger partial charge >= 0.3 is 0 Å². The maximum atomic E-state index is 3.55. The van der Waals surface area contributed by atoms with E-state index < -0.39 is 0 Å². The summed E-state index contributed by atoms with van der Waals surface area (Å²) in [4.78, 5) is 0.484. The van der Waals surface area contributed by atoms with Gasteiger partial charge in [-0.1, -0.05) is 40.2 Å². The largest absolute Gasteiger partial charge is 0.0842 e. The van der Waals surface area contributed by atoms with Crippen LogP contribution in [0.3, 0.4) is 0 Å². The minimum Gasteiger partial charge on any atom is -0.0842 e. The van der Waals surface area contributed by atoms with E-state index in [9.17, 15) is 0 Å². The topological polar surface area (TPSA) is 0 Å². The first-order valence-corrected chi connectivity index (χ1v) is 4.65. The molecule has 0 fully saturated rings. The lowest BCUT2D eigenvalue weighted by atomic mass is 9.87. The molecule has 0 N–H and O–H groups in total. The van der Waals surface area contributed by atoms with Crippen molar-refractivity contribution in [2.24, 2.45) is 0 Å². The first-order chi connectivity index (χ1) is 5.29. The molecule has 1 atom stereocenters. The minimum atomic E-state index is 0.484. The lowest BCUT2D eigenvalue weighted by molar-refractivity contribution is 1.27. The summed E-state index contributed by atoms with van der Waals surface area (Å²) in [5.41, 5.74) is 4.19. The lowest BCUT2D eigenvalue weighted by Crippen LogP contribution is -2.05. The molecule has 0 spiro atoms. The zero-order valence-electron chi connectivity index (χ0n) is 6.34. The Balaban J connectivity index is 2.38. The maximum absolute atomic E-state index is 3.55. The molecule has 0 saturated carbocycles. The normalized spacial score (nSPS) is 16.4. The first-order valence-electron chi connectivity index (χ1n) is 3.74. The van der Waals surface area contributed by atoms with Gasteiger partial charge in [0.2, 0.25) is 0 Å². The van der Waals surface area contributed by atoms with Crippen molar-refractivity contribution >= 4 is 27.6 Å². The van der Waals surface area contributed by atoms with Crippen LogP contribution in [0.25, 0.3) is 11.6 Å². The first kappa shape index (κ1) is 7.11. The Labute approximate surface area is 75.1 Å². The fraction of sp³-hybridized carbons (Fsp3) is 0.200. The molecule has 0 aromatic heterocycles. The highest BCUT2D eigenvalue weighted by molar-refractivity contribution is 9.09. The van der Waals surface area contributed by atoms with Gasteiger partial charge in [0.05, 0.1) is 0 Å². The Morgan fingerprint density at radius 3 is 2.64 bits per heavy atom. The van der Waals surface area contributed by atoms with Gasteiger partial charge in [-0.3, -0.25) is 0 Å². The van der Waals surface area contributed by atoms with E-state index in [1.54, 1.807) is 0 Å². The van der Waals surface area contributed by atoms with Gasteiger partial charge in [0, 0.05) is 4.83 Å². The van der Waals surface area contributed by atoms with Gasteiger partial charge in [0.1, 0.15) is 0 Å². The molecule has 1 unspecified atom stereocenters. The Kier molecular flexibility index (Phi) is 1.61. The Morgan fingerprint density at radius 1 is 1.27 bits per heavy atom. The van der Waals surface area contributed by atoms with Crippen molar-refractivity contribution < 1.29 is 0 Å². The number of alkyl halides is 1. The summed E-state index contributed by atoms with van der Waals surface area (Å²) in [6, 6.07) is 8.48. The summed E-state index contributed by atoms with van der Waals surface area (Å²) in [6.45, 7) is 2.15. The van der Waals surface area contributed by atoms with Gasteiger partial charge < -0.3 is 0 Å². The van der Waals surface area contributed by atoms with Crippen molar-refractivity contribution in [3.8, 4) is 0 Å². The summed E-state index contributed by atoms with van der Waals surface area (Å²) in [7, 11) is 0. The third-order valence-electron chi connectivity index (χ3n) is 2.01. The average Bonchev–Trinajstić information content (AvgIpc) is 1.90. The van der Waals surface area contributed by atoms with Gasteiger partial charge in [-0.05, 0) is 29.7 Å². The van der Waals surface area contributed by atoms with Crippen molar-refractivity contribution in [2.75, 3.05) is 0 Å². The maximum Gasteiger partial charge on any atom is 0.0373 e. The Morgan fingerprint density at radius 2 is 2.00 bits per heavy atom. The van der Waals surface area contributed by atoms with Crippen molar-refractivity contribution in [3.63, 3.8) is 0 Å². The van der Waals surface area contributed by atoms with Crippen molar-refractivity contribution in [3.05, 3.63) is 35.4 Å². The molecule has 0 radical (unpaired) electrons. The van der Waals surface area contributed by atoms with Crippen LogP contribution in [0.5, 0.6) is 0 Å². The molecule has 0 saturated heterocycles. The fourth-order valence-corrected chi connectivity index (χ4v) is 1.76. The van der Waals surface area contributed by atoms with Crippen LogP contribution in [0.4, 0.5) is 0 Å². The molecule has 0 nitrogen and oxygen atoms in total. The lowest BCUT2D eigenvalue weighted by Gasteiger charge is -2.21. The second kappa shape index (κ2) is 2.49. The minimum absolute atomic E-state index is 0.484. The van der Waals surface area contributed by atoms with Crippen LogP contribution in [-0.4, -0.2) is 4.83 Å². The molecule has 1 heteroatoms. The highest BCUT2D eigenvalue weighted by atomic mass is 79.9. The SMILES string of the molecule is CC(Br)C1=Cc2ccccc21. The Hall–Kier alpha value is -0.560. The van der Waals surface area contributed by atoms with Crippen LogP contribution in [0.15, 0.2) is 24.3 Å². The van der Waals surface area contributed by atoms with Crippen LogP contribution < -0.4 is 0 Å². The number of hydrogen-bond donors (Lipinski definition) is 0. The standard InChI is InChI=1S/C10H9Br/c1-7(11)10-6-8-4-2-3-5-9(8)10/h2-7H,1H3. The average molecular weight is 209 g/mol. The van der Waals surface area contributed by atoms with Gasteiger partial charge in [-0.15, -0.1) is 0 Å². The van der Waals surface area contributed by atoms with Crippen LogP contribution in [0, 0.1) is 0 Å². The summed E-state index contributed by atoms with van der Waals surface area (Å²) in [6.07, 6.45) is 2.23. The number of allylic oxidation sites excluding steroid dienone is 1. The molecular weight excluding hydrogens is 200 g/mol. The van der Waals surface area contributed by atoms with Crippen LogP contribution >= 0.6 is 15.9 Å². The van der Waals surface area contributed by atoms with E-state index in [2.05, 4.69) is 53.2 Å². The van der Waals surface area contributed by atoms with Gasteiger partial charge in [-0.2, -0.15) is 0 Å². The molecule has 56 valence electrons. The molecule has 1 aromatic carbocycles. The predicted octanol–water partition coefficient (Wildman–Crippen LogP) is 3.32. The van der Waals surface area contributed by atoms with Crippen LogP contribution in [0.2, 0.25) is 0 Å². The summed E-state index contributed by atoms with van der Waals surface area (Å²) in [5, 5.41) is 0. The van der Waals surface area contributed by atoms with E-state index in [1.807, 2.05) is 0 Å². The van der Waals surface area contributed by atoms with Crippen molar-refractivity contribution in [2.45, 2.75) is 11.8 Å². The van der Waals surface area contributed by atoms with E-state index in [0.29, 0.717) is 4.83 Å². The van der Waals surface area contributed by atoms with Gasteiger partial charge in [-0.25, -0.2) is 0 Å². The Bertz CT molecular complexity index is 310. The fourth-order valence-electron chi connectivity index (χ4n) is 1.38. The van der Waals surface area contributed by atoms with Crippen LogP contribution in [0.1, 0.15) is 18.1 Å². The molecule has 1 aliphatic rings. The van der Waals surface area contributed by atoms with E-state index >= 15 is 0 Å². The van der Waals surface area contributed by atoms with E-state index in [0.717, 1.165) is 0 Å². The highest BCUT2D eigenvalue weighted by Gasteiger charge is 2.17. The summed E-state index contributed by atoms with van der Waals surface area (Å²) >= 11 is 3.55. The molecule has 0 bridgehead atoms. The second-order valence-electron chi connectivity index (χ2n) is 2.80. The molecule has 0 aliphatic heterocycles. The number of rotatable bonds is 1. The molecule has 2 rings (SSSR count). The third kappa shape index (κ3) is 1.04. The number of fused-ring (bicyclic) bond motifs is 1.